The quantitative estimate of drug-likeness (QED) is 0.820. The molecule has 0 aliphatic carbocycles. The van der Waals surface area contributed by atoms with Crippen molar-refractivity contribution in [2.45, 2.75) is 39.2 Å². The Labute approximate surface area is 111 Å². The molecule has 0 aromatic heterocycles. The van der Waals surface area contributed by atoms with Crippen LogP contribution in [0, 0.1) is 5.92 Å². The van der Waals surface area contributed by atoms with Gasteiger partial charge in [-0.05, 0) is 36.1 Å². The average molecular weight is 305 g/mol. The highest BCUT2D eigenvalue weighted by Gasteiger charge is 2.13. The maximum Gasteiger partial charge on any atom is 0.0420 e. The molecule has 1 unspecified atom stereocenters. The highest BCUT2D eigenvalue weighted by molar-refractivity contribution is 9.10. The number of halogens is 2. The number of rotatable bonds is 5. The standard InChI is InChI=1S/C13H19BrClN/c1-3-9(4-2)5-13(16)10-6-11(14)8-12(15)7-10/h6-9,13H,3-5,16H2,1-2H3. The van der Waals surface area contributed by atoms with Crippen molar-refractivity contribution in [3.63, 3.8) is 0 Å². The molecule has 0 bridgehead atoms. The van der Waals surface area contributed by atoms with Crippen LogP contribution in [0.15, 0.2) is 22.7 Å². The maximum atomic E-state index is 6.21. The van der Waals surface area contributed by atoms with Gasteiger partial charge >= 0.3 is 0 Å². The Hall–Kier alpha value is -0.0500. The predicted octanol–water partition coefficient (Wildman–Crippen LogP) is 4.93. The first kappa shape index (κ1) is 14.0. The predicted molar refractivity (Wildman–Crippen MR) is 74.8 cm³/mol. The lowest BCUT2D eigenvalue weighted by Crippen LogP contribution is -2.15. The summed E-state index contributed by atoms with van der Waals surface area (Å²) < 4.78 is 0.995. The van der Waals surface area contributed by atoms with Crippen LogP contribution in [0.5, 0.6) is 0 Å². The van der Waals surface area contributed by atoms with Gasteiger partial charge in [-0.25, -0.2) is 0 Å². The SMILES string of the molecule is CCC(CC)CC(N)c1cc(Cl)cc(Br)c1. The summed E-state index contributed by atoms with van der Waals surface area (Å²) >= 11 is 9.45. The first-order valence-electron chi connectivity index (χ1n) is 5.78. The van der Waals surface area contributed by atoms with Gasteiger partial charge in [0.15, 0.2) is 0 Å². The molecule has 1 nitrogen and oxygen atoms in total. The fourth-order valence-corrected chi connectivity index (χ4v) is 2.79. The number of nitrogens with two attached hydrogens (primary N) is 1. The monoisotopic (exact) mass is 303 g/mol. The molecule has 0 aliphatic heterocycles. The Morgan fingerprint density at radius 3 is 2.38 bits per heavy atom. The Morgan fingerprint density at radius 2 is 1.88 bits per heavy atom. The molecule has 0 saturated carbocycles. The zero-order valence-corrected chi connectivity index (χ0v) is 12.2. The van der Waals surface area contributed by atoms with Crippen molar-refractivity contribution in [2.24, 2.45) is 11.7 Å². The Balaban J connectivity index is 2.75. The van der Waals surface area contributed by atoms with E-state index in [4.69, 9.17) is 17.3 Å². The van der Waals surface area contributed by atoms with Gasteiger partial charge in [-0.15, -0.1) is 0 Å². The van der Waals surface area contributed by atoms with E-state index in [1.165, 1.54) is 12.8 Å². The number of hydrogen-bond acceptors (Lipinski definition) is 1. The molecule has 1 aromatic rings. The highest BCUT2D eigenvalue weighted by atomic mass is 79.9. The lowest BCUT2D eigenvalue weighted by atomic mass is 9.92. The minimum atomic E-state index is 0.0832. The van der Waals surface area contributed by atoms with Gasteiger partial charge in [0.1, 0.15) is 0 Å². The minimum absolute atomic E-state index is 0.0832. The molecule has 16 heavy (non-hydrogen) atoms. The number of hydrogen-bond donors (Lipinski definition) is 1. The van der Waals surface area contributed by atoms with Crippen LogP contribution >= 0.6 is 27.5 Å². The molecular formula is C13H19BrClN. The summed E-state index contributed by atoms with van der Waals surface area (Å²) in [7, 11) is 0. The van der Waals surface area contributed by atoms with E-state index in [1.807, 2.05) is 12.1 Å². The summed E-state index contributed by atoms with van der Waals surface area (Å²) in [6.45, 7) is 4.43. The van der Waals surface area contributed by atoms with Crippen molar-refractivity contribution in [3.05, 3.63) is 33.3 Å². The summed E-state index contributed by atoms with van der Waals surface area (Å²) in [5, 5.41) is 0.740. The summed E-state index contributed by atoms with van der Waals surface area (Å²) in [4.78, 5) is 0. The van der Waals surface area contributed by atoms with Crippen LogP contribution in [-0.2, 0) is 0 Å². The van der Waals surface area contributed by atoms with Crippen LogP contribution < -0.4 is 5.73 Å². The molecule has 0 saturated heterocycles. The Kier molecular flexibility index (Phi) is 5.81. The average Bonchev–Trinajstić information content (AvgIpc) is 2.24. The smallest absolute Gasteiger partial charge is 0.0420 e. The molecule has 0 heterocycles. The lowest BCUT2D eigenvalue weighted by Gasteiger charge is -2.19. The Morgan fingerprint density at radius 1 is 1.25 bits per heavy atom. The topological polar surface area (TPSA) is 26.0 Å². The summed E-state index contributed by atoms with van der Waals surface area (Å²) in [6.07, 6.45) is 3.40. The number of benzene rings is 1. The molecule has 1 atom stereocenters. The van der Waals surface area contributed by atoms with Crippen molar-refractivity contribution in [2.75, 3.05) is 0 Å². The second-order valence-corrected chi connectivity index (χ2v) is 5.58. The second-order valence-electron chi connectivity index (χ2n) is 4.23. The minimum Gasteiger partial charge on any atom is -0.324 e. The normalized spacial score (nSPS) is 13.1. The van der Waals surface area contributed by atoms with Crippen molar-refractivity contribution in [1.29, 1.82) is 0 Å². The molecule has 1 aromatic carbocycles. The van der Waals surface area contributed by atoms with Gasteiger partial charge < -0.3 is 5.73 Å². The molecule has 0 spiro atoms. The van der Waals surface area contributed by atoms with Crippen molar-refractivity contribution >= 4 is 27.5 Å². The van der Waals surface area contributed by atoms with Crippen LogP contribution in [-0.4, -0.2) is 0 Å². The zero-order valence-electron chi connectivity index (χ0n) is 9.84. The largest absolute Gasteiger partial charge is 0.324 e. The van der Waals surface area contributed by atoms with E-state index in [0.29, 0.717) is 5.92 Å². The van der Waals surface area contributed by atoms with E-state index in [9.17, 15) is 0 Å². The second kappa shape index (κ2) is 6.63. The van der Waals surface area contributed by atoms with E-state index in [2.05, 4.69) is 35.8 Å². The van der Waals surface area contributed by atoms with Gasteiger partial charge in [0.2, 0.25) is 0 Å². The molecule has 0 aliphatic rings. The molecule has 3 heteroatoms. The van der Waals surface area contributed by atoms with Crippen LogP contribution in [0.4, 0.5) is 0 Å². The Bertz CT molecular complexity index is 316. The fourth-order valence-electron chi connectivity index (χ4n) is 1.91. The van der Waals surface area contributed by atoms with Gasteiger partial charge in [0.05, 0.1) is 0 Å². The van der Waals surface area contributed by atoms with Crippen molar-refractivity contribution < 1.29 is 0 Å². The maximum absolute atomic E-state index is 6.21. The van der Waals surface area contributed by atoms with Crippen LogP contribution in [0.3, 0.4) is 0 Å². The van der Waals surface area contributed by atoms with E-state index in [-0.39, 0.29) is 6.04 Å². The highest BCUT2D eigenvalue weighted by Crippen LogP contribution is 2.27. The molecule has 90 valence electrons. The fraction of sp³-hybridized carbons (Fsp3) is 0.538. The zero-order chi connectivity index (χ0) is 12.1. The summed E-state index contributed by atoms with van der Waals surface area (Å²) in [6, 6.07) is 5.98. The van der Waals surface area contributed by atoms with Crippen molar-refractivity contribution in [1.82, 2.24) is 0 Å². The molecule has 2 N–H and O–H groups in total. The molecule has 0 radical (unpaired) electrons. The third kappa shape index (κ3) is 4.08. The van der Waals surface area contributed by atoms with Gasteiger partial charge in [0, 0.05) is 15.5 Å². The van der Waals surface area contributed by atoms with E-state index >= 15 is 0 Å². The molecule has 0 fully saturated rings. The van der Waals surface area contributed by atoms with E-state index in [1.54, 1.807) is 0 Å². The first-order chi connectivity index (χ1) is 7.56. The molecule has 1 rings (SSSR count). The third-order valence-electron chi connectivity index (χ3n) is 3.06. The van der Waals surface area contributed by atoms with Gasteiger partial charge in [-0.3, -0.25) is 0 Å². The van der Waals surface area contributed by atoms with E-state index < -0.39 is 0 Å². The van der Waals surface area contributed by atoms with E-state index in [0.717, 1.165) is 21.5 Å². The third-order valence-corrected chi connectivity index (χ3v) is 3.73. The van der Waals surface area contributed by atoms with Crippen LogP contribution in [0.1, 0.15) is 44.7 Å². The van der Waals surface area contributed by atoms with Crippen LogP contribution in [0.25, 0.3) is 0 Å². The first-order valence-corrected chi connectivity index (χ1v) is 6.95. The molecular weight excluding hydrogens is 286 g/mol. The molecule has 0 amide bonds. The summed E-state index contributed by atoms with van der Waals surface area (Å²) in [5.74, 6) is 0.702. The lowest BCUT2D eigenvalue weighted by molar-refractivity contribution is 0.414. The van der Waals surface area contributed by atoms with Gasteiger partial charge in [-0.1, -0.05) is 54.2 Å². The summed E-state index contributed by atoms with van der Waals surface area (Å²) in [5.41, 5.74) is 7.32. The van der Waals surface area contributed by atoms with Crippen LogP contribution in [0.2, 0.25) is 5.02 Å². The van der Waals surface area contributed by atoms with Crippen molar-refractivity contribution in [3.8, 4) is 0 Å². The van der Waals surface area contributed by atoms with Gasteiger partial charge in [0.25, 0.3) is 0 Å². The van der Waals surface area contributed by atoms with Gasteiger partial charge in [-0.2, -0.15) is 0 Å².